The van der Waals surface area contributed by atoms with Crippen LogP contribution in [0.2, 0.25) is 0 Å². The fourth-order valence-corrected chi connectivity index (χ4v) is 2.82. The molecule has 1 fully saturated rings. The van der Waals surface area contributed by atoms with Crippen molar-refractivity contribution in [3.8, 4) is 0 Å². The van der Waals surface area contributed by atoms with Crippen LogP contribution in [-0.4, -0.2) is 24.2 Å². The molecule has 0 spiro atoms. The van der Waals surface area contributed by atoms with Crippen molar-refractivity contribution in [1.82, 2.24) is 5.16 Å². The van der Waals surface area contributed by atoms with Crippen molar-refractivity contribution in [2.45, 2.75) is 65.3 Å². The van der Waals surface area contributed by atoms with E-state index in [-0.39, 0.29) is 12.4 Å². The van der Waals surface area contributed by atoms with Gasteiger partial charge in [0.15, 0.2) is 6.29 Å². The monoisotopic (exact) mass is 253 g/mol. The minimum atomic E-state index is -0.0447. The van der Waals surface area contributed by atoms with Gasteiger partial charge >= 0.3 is 0 Å². The molecular formula is C14H23NO3. The number of nitrogens with zero attached hydrogens (tertiary/aromatic N) is 1. The Hall–Kier alpha value is -0.870. The summed E-state index contributed by atoms with van der Waals surface area (Å²) < 4.78 is 16.9. The molecule has 0 aliphatic carbocycles. The van der Waals surface area contributed by atoms with Gasteiger partial charge in [0.2, 0.25) is 0 Å². The fraction of sp³-hybridized carbons (Fsp3) is 0.786. The zero-order valence-corrected chi connectivity index (χ0v) is 11.7. The van der Waals surface area contributed by atoms with Gasteiger partial charge in [-0.25, -0.2) is 0 Å². The van der Waals surface area contributed by atoms with Crippen LogP contribution in [0.3, 0.4) is 0 Å². The smallest absolute Gasteiger partial charge is 0.157 e. The third-order valence-electron chi connectivity index (χ3n) is 3.71. The zero-order valence-electron chi connectivity index (χ0n) is 11.7. The molecule has 0 amide bonds. The molecule has 1 aromatic rings. The lowest BCUT2D eigenvalue weighted by Crippen LogP contribution is -2.33. The van der Waals surface area contributed by atoms with Crippen molar-refractivity contribution in [3.63, 3.8) is 0 Å². The minimum absolute atomic E-state index is 0.0447. The van der Waals surface area contributed by atoms with Gasteiger partial charge in [0.05, 0.1) is 11.8 Å². The second-order valence-corrected chi connectivity index (χ2v) is 5.02. The molecule has 2 heterocycles. The Bertz CT molecular complexity index is 367. The SMILES string of the molecule is CCOC1CCCC(C(C)c2c(C)noc2C)O1. The number of aryl methyl sites for hydroxylation is 2. The van der Waals surface area contributed by atoms with Gasteiger partial charge in [-0.1, -0.05) is 12.1 Å². The molecule has 4 heteroatoms. The third-order valence-corrected chi connectivity index (χ3v) is 3.71. The number of aromatic nitrogens is 1. The minimum Gasteiger partial charge on any atom is -0.361 e. The van der Waals surface area contributed by atoms with Crippen molar-refractivity contribution >= 4 is 0 Å². The van der Waals surface area contributed by atoms with E-state index in [0.29, 0.717) is 12.5 Å². The summed E-state index contributed by atoms with van der Waals surface area (Å²) >= 11 is 0. The molecule has 1 aliphatic rings. The lowest BCUT2D eigenvalue weighted by molar-refractivity contribution is -0.195. The second kappa shape index (κ2) is 5.85. The zero-order chi connectivity index (χ0) is 13.1. The van der Waals surface area contributed by atoms with Crippen LogP contribution < -0.4 is 0 Å². The van der Waals surface area contributed by atoms with E-state index in [1.54, 1.807) is 0 Å². The predicted octanol–water partition coefficient (Wildman–Crippen LogP) is 3.33. The van der Waals surface area contributed by atoms with Crippen LogP contribution in [0.5, 0.6) is 0 Å². The van der Waals surface area contributed by atoms with E-state index in [9.17, 15) is 0 Å². The highest BCUT2D eigenvalue weighted by atomic mass is 16.7. The van der Waals surface area contributed by atoms with Crippen LogP contribution >= 0.6 is 0 Å². The maximum atomic E-state index is 6.03. The lowest BCUT2D eigenvalue weighted by Gasteiger charge is -2.33. The highest BCUT2D eigenvalue weighted by Crippen LogP contribution is 2.33. The average Bonchev–Trinajstić information content (AvgIpc) is 2.69. The van der Waals surface area contributed by atoms with Gasteiger partial charge < -0.3 is 14.0 Å². The molecule has 0 aromatic carbocycles. The average molecular weight is 253 g/mol. The van der Waals surface area contributed by atoms with Gasteiger partial charge in [-0.2, -0.15) is 0 Å². The molecule has 3 unspecified atom stereocenters. The van der Waals surface area contributed by atoms with E-state index < -0.39 is 0 Å². The Labute approximate surface area is 109 Å². The van der Waals surface area contributed by atoms with Gasteiger partial charge in [-0.15, -0.1) is 0 Å². The number of hydrogen-bond donors (Lipinski definition) is 0. The van der Waals surface area contributed by atoms with Crippen molar-refractivity contribution < 1.29 is 14.0 Å². The second-order valence-electron chi connectivity index (χ2n) is 5.02. The van der Waals surface area contributed by atoms with Crippen molar-refractivity contribution in [1.29, 1.82) is 0 Å². The highest BCUT2D eigenvalue weighted by molar-refractivity contribution is 5.26. The van der Waals surface area contributed by atoms with Gasteiger partial charge in [-0.3, -0.25) is 0 Å². The Kier molecular flexibility index (Phi) is 4.40. The Morgan fingerprint density at radius 1 is 1.39 bits per heavy atom. The standard InChI is InChI=1S/C14H23NO3/c1-5-16-13-8-6-7-12(17-13)9(2)14-10(3)15-18-11(14)4/h9,12-13H,5-8H2,1-4H3. The van der Waals surface area contributed by atoms with Gasteiger partial charge in [0, 0.05) is 18.1 Å². The first kappa shape index (κ1) is 13.6. The molecule has 1 saturated heterocycles. The molecule has 1 aromatic heterocycles. The van der Waals surface area contributed by atoms with E-state index in [0.717, 1.165) is 30.7 Å². The normalized spacial score (nSPS) is 26.2. The van der Waals surface area contributed by atoms with Crippen LogP contribution in [0.25, 0.3) is 0 Å². The maximum Gasteiger partial charge on any atom is 0.157 e. The van der Waals surface area contributed by atoms with Gasteiger partial charge in [0.25, 0.3) is 0 Å². The first-order chi connectivity index (χ1) is 8.63. The van der Waals surface area contributed by atoms with E-state index in [4.69, 9.17) is 14.0 Å². The van der Waals surface area contributed by atoms with Crippen LogP contribution in [0.15, 0.2) is 4.52 Å². The summed E-state index contributed by atoms with van der Waals surface area (Å²) in [6.45, 7) is 8.85. The van der Waals surface area contributed by atoms with Crippen molar-refractivity contribution in [2.75, 3.05) is 6.61 Å². The topological polar surface area (TPSA) is 44.5 Å². The Morgan fingerprint density at radius 3 is 2.78 bits per heavy atom. The Balaban J connectivity index is 2.06. The highest BCUT2D eigenvalue weighted by Gasteiger charge is 2.30. The number of hydrogen-bond acceptors (Lipinski definition) is 4. The lowest BCUT2D eigenvalue weighted by atomic mass is 9.89. The van der Waals surface area contributed by atoms with Crippen LogP contribution in [0.1, 0.15) is 56.0 Å². The summed E-state index contributed by atoms with van der Waals surface area (Å²) in [6, 6.07) is 0. The molecule has 102 valence electrons. The molecule has 3 atom stereocenters. The molecule has 18 heavy (non-hydrogen) atoms. The molecule has 1 aliphatic heterocycles. The molecule has 2 rings (SSSR count). The predicted molar refractivity (Wildman–Crippen MR) is 68.5 cm³/mol. The van der Waals surface area contributed by atoms with Crippen LogP contribution in [0.4, 0.5) is 0 Å². The van der Waals surface area contributed by atoms with Crippen molar-refractivity contribution in [2.24, 2.45) is 0 Å². The first-order valence-corrected chi connectivity index (χ1v) is 6.83. The number of ether oxygens (including phenoxy) is 2. The van der Waals surface area contributed by atoms with E-state index in [1.807, 2.05) is 20.8 Å². The maximum absolute atomic E-state index is 6.03. The molecule has 0 radical (unpaired) electrons. The van der Waals surface area contributed by atoms with E-state index >= 15 is 0 Å². The number of rotatable bonds is 4. The summed E-state index contributed by atoms with van der Waals surface area (Å²) in [6.07, 6.45) is 3.39. The fourth-order valence-electron chi connectivity index (χ4n) is 2.82. The summed E-state index contributed by atoms with van der Waals surface area (Å²) in [5.74, 6) is 1.21. The van der Waals surface area contributed by atoms with Gasteiger partial charge in [0.1, 0.15) is 5.76 Å². The third kappa shape index (κ3) is 2.75. The molecule has 0 N–H and O–H groups in total. The molecule has 4 nitrogen and oxygen atoms in total. The largest absolute Gasteiger partial charge is 0.361 e. The van der Waals surface area contributed by atoms with Crippen molar-refractivity contribution in [3.05, 3.63) is 17.0 Å². The van der Waals surface area contributed by atoms with Crippen LogP contribution in [-0.2, 0) is 9.47 Å². The van der Waals surface area contributed by atoms with E-state index in [2.05, 4.69) is 12.1 Å². The Morgan fingerprint density at radius 2 is 2.17 bits per heavy atom. The quantitative estimate of drug-likeness (QED) is 0.825. The van der Waals surface area contributed by atoms with E-state index in [1.165, 1.54) is 5.56 Å². The summed E-state index contributed by atoms with van der Waals surface area (Å²) in [5, 5.41) is 4.03. The summed E-state index contributed by atoms with van der Waals surface area (Å²) in [5.41, 5.74) is 2.17. The summed E-state index contributed by atoms with van der Waals surface area (Å²) in [7, 11) is 0. The molecule has 0 bridgehead atoms. The van der Waals surface area contributed by atoms with Gasteiger partial charge in [-0.05, 0) is 40.0 Å². The first-order valence-electron chi connectivity index (χ1n) is 6.83. The molecule has 0 saturated carbocycles. The van der Waals surface area contributed by atoms with Crippen LogP contribution in [0, 0.1) is 13.8 Å². The summed E-state index contributed by atoms with van der Waals surface area (Å²) in [4.78, 5) is 0. The molecular weight excluding hydrogens is 230 g/mol.